The summed E-state index contributed by atoms with van der Waals surface area (Å²) in [7, 11) is 0. The van der Waals surface area contributed by atoms with Crippen molar-refractivity contribution in [3.8, 4) is 0 Å². The fraction of sp³-hybridized carbons (Fsp3) is 0.909. The van der Waals surface area contributed by atoms with E-state index >= 15 is 0 Å². The Kier molecular flexibility index (Phi) is 11.7. The Morgan fingerprint density at radius 3 is 2.07 bits per heavy atom. The molecule has 0 aliphatic carbocycles. The highest BCUT2D eigenvalue weighted by molar-refractivity contribution is 7.96. The van der Waals surface area contributed by atoms with Crippen molar-refractivity contribution in [1.29, 1.82) is 0 Å². The van der Waals surface area contributed by atoms with Gasteiger partial charge in [-0.1, -0.05) is 37.6 Å². The van der Waals surface area contributed by atoms with Crippen molar-refractivity contribution < 1.29 is 4.79 Å². The van der Waals surface area contributed by atoms with E-state index in [4.69, 9.17) is 0 Å². The molecule has 1 amide bonds. The summed E-state index contributed by atoms with van der Waals surface area (Å²) in [5.41, 5.74) is 0. The molecule has 2 N–H and O–H groups in total. The maximum atomic E-state index is 10.6. The summed E-state index contributed by atoms with van der Waals surface area (Å²) in [5, 5.41) is 2.81. The Morgan fingerprint density at radius 2 is 1.53 bits per heavy atom. The van der Waals surface area contributed by atoms with Gasteiger partial charge in [-0.2, -0.15) is 0 Å². The summed E-state index contributed by atoms with van der Waals surface area (Å²) in [6, 6.07) is 0. The van der Waals surface area contributed by atoms with E-state index in [0.29, 0.717) is 0 Å². The van der Waals surface area contributed by atoms with Crippen molar-refractivity contribution in [1.82, 2.24) is 10.0 Å². The van der Waals surface area contributed by atoms with Crippen molar-refractivity contribution in [2.24, 2.45) is 0 Å². The van der Waals surface area contributed by atoms with Crippen LogP contribution < -0.4 is 10.0 Å². The third-order valence-electron chi connectivity index (χ3n) is 2.22. The van der Waals surface area contributed by atoms with Crippen molar-refractivity contribution in [3.05, 3.63) is 0 Å². The standard InChI is InChI=1S/C11H24N2OS/c1-11(14)12-9-7-5-3-4-6-8-10-13-15-2/h13H,3-10H2,1-2H3,(H,12,14). The summed E-state index contributed by atoms with van der Waals surface area (Å²) in [6.07, 6.45) is 9.59. The van der Waals surface area contributed by atoms with Gasteiger partial charge in [-0.25, -0.2) is 0 Å². The average molecular weight is 232 g/mol. The van der Waals surface area contributed by atoms with Gasteiger partial charge in [0.2, 0.25) is 5.91 Å². The van der Waals surface area contributed by atoms with E-state index in [1.54, 1.807) is 18.9 Å². The lowest BCUT2D eigenvalue weighted by Crippen LogP contribution is -2.20. The summed E-state index contributed by atoms with van der Waals surface area (Å²) in [5.74, 6) is 0.0816. The smallest absolute Gasteiger partial charge is 0.216 e. The Morgan fingerprint density at radius 1 is 1.00 bits per heavy atom. The topological polar surface area (TPSA) is 41.1 Å². The second-order valence-corrected chi connectivity index (χ2v) is 4.40. The zero-order valence-corrected chi connectivity index (χ0v) is 10.8. The molecule has 0 saturated carbocycles. The summed E-state index contributed by atoms with van der Waals surface area (Å²) in [6.45, 7) is 3.52. The predicted octanol–water partition coefficient (Wildman–Crippen LogP) is 2.33. The molecular formula is C11H24N2OS. The highest BCUT2D eigenvalue weighted by Crippen LogP contribution is 2.04. The minimum absolute atomic E-state index is 0.0816. The first kappa shape index (κ1) is 14.8. The largest absolute Gasteiger partial charge is 0.356 e. The molecule has 0 rings (SSSR count). The number of carbonyl (C=O) groups is 1. The Bertz CT molecular complexity index is 154. The third-order valence-corrected chi connectivity index (χ3v) is 2.72. The molecule has 0 aromatic heterocycles. The number of hydrogen-bond donors (Lipinski definition) is 2. The Hall–Kier alpha value is -0.220. The molecule has 0 spiro atoms. The lowest BCUT2D eigenvalue weighted by molar-refractivity contribution is -0.118. The van der Waals surface area contributed by atoms with Gasteiger partial charge in [-0.05, 0) is 19.1 Å². The van der Waals surface area contributed by atoms with Gasteiger partial charge in [-0.15, -0.1) is 0 Å². The van der Waals surface area contributed by atoms with E-state index in [1.165, 1.54) is 32.1 Å². The van der Waals surface area contributed by atoms with Crippen LogP contribution in [-0.2, 0) is 4.79 Å². The molecular weight excluding hydrogens is 208 g/mol. The average Bonchev–Trinajstić information content (AvgIpc) is 2.20. The molecule has 0 unspecified atom stereocenters. The SMILES string of the molecule is CSNCCCCCCCCNC(C)=O. The minimum atomic E-state index is 0.0816. The van der Waals surface area contributed by atoms with Gasteiger partial charge >= 0.3 is 0 Å². The number of unbranched alkanes of at least 4 members (excludes halogenated alkanes) is 5. The second kappa shape index (κ2) is 11.9. The summed E-state index contributed by atoms with van der Waals surface area (Å²) < 4.78 is 3.24. The number of hydrogen-bond acceptors (Lipinski definition) is 3. The molecule has 15 heavy (non-hydrogen) atoms. The zero-order chi connectivity index (χ0) is 11.4. The number of carbonyl (C=O) groups excluding carboxylic acids is 1. The van der Waals surface area contributed by atoms with Gasteiger partial charge in [0.15, 0.2) is 0 Å². The van der Waals surface area contributed by atoms with E-state index in [2.05, 4.69) is 16.3 Å². The maximum absolute atomic E-state index is 10.6. The van der Waals surface area contributed by atoms with Crippen molar-refractivity contribution in [3.63, 3.8) is 0 Å². The summed E-state index contributed by atoms with van der Waals surface area (Å²) >= 11 is 1.69. The molecule has 4 heteroatoms. The van der Waals surface area contributed by atoms with E-state index < -0.39 is 0 Å². The van der Waals surface area contributed by atoms with Crippen molar-refractivity contribution >= 4 is 17.9 Å². The zero-order valence-electron chi connectivity index (χ0n) is 9.97. The monoisotopic (exact) mass is 232 g/mol. The highest BCUT2D eigenvalue weighted by Gasteiger charge is 1.92. The van der Waals surface area contributed by atoms with Gasteiger partial charge in [0.1, 0.15) is 0 Å². The fourth-order valence-electron chi connectivity index (χ4n) is 1.40. The first-order chi connectivity index (χ1) is 7.27. The summed E-state index contributed by atoms with van der Waals surface area (Å²) in [4.78, 5) is 10.6. The molecule has 0 fully saturated rings. The maximum Gasteiger partial charge on any atom is 0.216 e. The molecule has 0 aliphatic heterocycles. The van der Waals surface area contributed by atoms with E-state index in [-0.39, 0.29) is 5.91 Å². The van der Waals surface area contributed by atoms with Gasteiger partial charge in [0.05, 0.1) is 0 Å². The molecule has 0 aromatic rings. The first-order valence-electron chi connectivity index (χ1n) is 5.77. The second-order valence-electron chi connectivity index (χ2n) is 3.70. The molecule has 0 heterocycles. The van der Waals surface area contributed by atoms with Crippen LogP contribution in [0.25, 0.3) is 0 Å². The van der Waals surface area contributed by atoms with Crippen LogP contribution in [0.15, 0.2) is 0 Å². The highest BCUT2D eigenvalue weighted by atomic mass is 32.2. The quantitative estimate of drug-likeness (QED) is 0.449. The normalized spacial score (nSPS) is 10.3. The van der Waals surface area contributed by atoms with Crippen LogP contribution in [0, 0.1) is 0 Å². The Balaban J connectivity index is 2.89. The van der Waals surface area contributed by atoms with Crippen molar-refractivity contribution in [2.75, 3.05) is 19.3 Å². The molecule has 0 bridgehead atoms. The molecule has 3 nitrogen and oxygen atoms in total. The third kappa shape index (κ3) is 13.8. The molecule has 0 aliphatic rings. The lowest BCUT2D eigenvalue weighted by atomic mass is 10.1. The number of amides is 1. The van der Waals surface area contributed by atoms with Crippen molar-refractivity contribution in [2.45, 2.75) is 45.4 Å². The van der Waals surface area contributed by atoms with E-state index in [1.807, 2.05) is 0 Å². The van der Waals surface area contributed by atoms with Gasteiger partial charge in [0.25, 0.3) is 0 Å². The predicted molar refractivity (Wildman–Crippen MR) is 67.9 cm³/mol. The Labute approximate surface area is 97.9 Å². The number of nitrogens with one attached hydrogen (secondary N) is 2. The van der Waals surface area contributed by atoms with Gasteiger partial charge in [-0.3, -0.25) is 9.52 Å². The molecule has 0 aromatic carbocycles. The van der Waals surface area contributed by atoms with E-state index in [9.17, 15) is 4.79 Å². The molecule has 0 saturated heterocycles. The van der Waals surface area contributed by atoms with Crippen LogP contribution in [0.5, 0.6) is 0 Å². The van der Waals surface area contributed by atoms with Crippen LogP contribution in [-0.4, -0.2) is 25.3 Å². The molecule has 0 radical (unpaired) electrons. The van der Waals surface area contributed by atoms with Crippen LogP contribution >= 0.6 is 11.9 Å². The first-order valence-corrected chi connectivity index (χ1v) is 7.00. The van der Waals surface area contributed by atoms with Crippen LogP contribution in [0.3, 0.4) is 0 Å². The fourth-order valence-corrected chi connectivity index (χ4v) is 1.74. The van der Waals surface area contributed by atoms with Gasteiger partial charge in [0, 0.05) is 20.0 Å². The number of rotatable bonds is 10. The minimum Gasteiger partial charge on any atom is -0.356 e. The van der Waals surface area contributed by atoms with Gasteiger partial charge < -0.3 is 5.32 Å². The van der Waals surface area contributed by atoms with E-state index in [0.717, 1.165) is 19.5 Å². The van der Waals surface area contributed by atoms with Crippen LogP contribution in [0.2, 0.25) is 0 Å². The molecule has 90 valence electrons. The molecule has 0 atom stereocenters. The lowest BCUT2D eigenvalue weighted by Gasteiger charge is -2.03. The van der Waals surface area contributed by atoms with Crippen LogP contribution in [0.1, 0.15) is 45.4 Å². The van der Waals surface area contributed by atoms with Crippen LogP contribution in [0.4, 0.5) is 0 Å².